The van der Waals surface area contributed by atoms with E-state index in [4.69, 9.17) is 10.3 Å². The molecule has 0 aliphatic carbocycles. The molecule has 3 rings (SSSR count). The van der Waals surface area contributed by atoms with E-state index in [1.807, 2.05) is 30.3 Å². The highest BCUT2D eigenvalue weighted by molar-refractivity contribution is 5.86. The van der Waals surface area contributed by atoms with Gasteiger partial charge in [0.2, 0.25) is 5.88 Å². The van der Waals surface area contributed by atoms with Crippen LogP contribution in [0.4, 0.5) is 14.7 Å². The summed E-state index contributed by atoms with van der Waals surface area (Å²) >= 11 is 0. The van der Waals surface area contributed by atoms with E-state index in [0.717, 1.165) is 11.6 Å². The van der Waals surface area contributed by atoms with Gasteiger partial charge in [-0.2, -0.15) is 0 Å². The second-order valence-electron chi connectivity index (χ2n) is 4.26. The summed E-state index contributed by atoms with van der Waals surface area (Å²) in [6.45, 7) is 0. The number of anilines is 1. The molecule has 0 saturated heterocycles. The van der Waals surface area contributed by atoms with E-state index >= 15 is 0 Å². The maximum Gasteiger partial charge on any atom is 0.230 e. The van der Waals surface area contributed by atoms with Crippen molar-refractivity contribution in [3.63, 3.8) is 0 Å². The van der Waals surface area contributed by atoms with Crippen LogP contribution >= 0.6 is 0 Å². The number of halogens is 2. The predicted octanol–water partition coefficient (Wildman–Crippen LogP) is 3.87. The lowest BCUT2D eigenvalue weighted by Gasteiger charge is -2.04. The number of nitrogens with two attached hydrogens (primary N) is 1. The Kier molecular flexibility index (Phi) is 2.95. The van der Waals surface area contributed by atoms with E-state index in [-0.39, 0.29) is 11.4 Å². The molecule has 2 N–H and O–H groups in total. The Hall–Kier alpha value is -2.69. The Balaban J connectivity index is 2.22. The highest BCUT2D eigenvalue weighted by Gasteiger charge is 2.20. The molecule has 0 unspecified atom stereocenters. The van der Waals surface area contributed by atoms with Gasteiger partial charge >= 0.3 is 0 Å². The lowest BCUT2D eigenvalue weighted by Crippen LogP contribution is -1.91. The van der Waals surface area contributed by atoms with Crippen LogP contribution in [0.2, 0.25) is 0 Å². The molecule has 0 fully saturated rings. The number of nitrogen functional groups attached to an aromatic ring is 1. The van der Waals surface area contributed by atoms with E-state index in [9.17, 15) is 8.78 Å². The molecule has 0 amide bonds. The summed E-state index contributed by atoms with van der Waals surface area (Å²) in [5, 5.41) is 3.87. The van der Waals surface area contributed by atoms with Crippen molar-refractivity contribution in [1.82, 2.24) is 5.16 Å². The molecule has 3 aromatic rings. The smallest absolute Gasteiger partial charge is 0.230 e. The Morgan fingerprint density at radius 3 is 2.45 bits per heavy atom. The van der Waals surface area contributed by atoms with Gasteiger partial charge in [-0.05, 0) is 12.1 Å². The maximum absolute atomic E-state index is 13.9. The molecule has 0 aliphatic heterocycles. The van der Waals surface area contributed by atoms with Crippen LogP contribution in [0.25, 0.3) is 22.4 Å². The molecule has 0 radical (unpaired) electrons. The number of hydrogen-bond donors (Lipinski definition) is 1. The standard InChI is InChI=1S/C15H10F2N2O/c16-10-6-7-11(12(17)8-10)13-14(19-20-15(13)18)9-4-2-1-3-5-9/h1-8H,18H2. The first-order valence-corrected chi connectivity index (χ1v) is 5.93. The fourth-order valence-electron chi connectivity index (χ4n) is 2.05. The minimum Gasteiger partial charge on any atom is -0.367 e. The third kappa shape index (κ3) is 2.03. The summed E-state index contributed by atoms with van der Waals surface area (Å²) in [5.41, 5.74) is 7.38. The zero-order valence-electron chi connectivity index (χ0n) is 10.3. The van der Waals surface area contributed by atoms with Crippen LogP contribution in [0.1, 0.15) is 0 Å². The Labute approximate surface area is 113 Å². The van der Waals surface area contributed by atoms with Gasteiger partial charge in [-0.1, -0.05) is 35.5 Å². The molecule has 5 heteroatoms. The van der Waals surface area contributed by atoms with E-state index in [1.54, 1.807) is 0 Å². The van der Waals surface area contributed by atoms with Crippen molar-refractivity contribution in [3.8, 4) is 22.4 Å². The molecule has 2 aromatic carbocycles. The van der Waals surface area contributed by atoms with Crippen molar-refractivity contribution in [1.29, 1.82) is 0 Å². The van der Waals surface area contributed by atoms with Gasteiger partial charge in [0.15, 0.2) is 0 Å². The lowest BCUT2D eigenvalue weighted by atomic mass is 10.0. The summed E-state index contributed by atoms with van der Waals surface area (Å²) in [6.07, 6.45) is 0. The second-order valence-corrected chi connectivity index (χ2v) is 4.26. The van der Waals surface area contributed by atoms with Crippen LogP contribution in [0.3, 0.4) is 0 Å². The molecule has 0 saturated carbocycles. The Morgan fingerprint density at radius 2 is 1.75 bits per heavy atom. The van der Waals surface area contributed by atoms with Gasteiger partial charge in [0.1, 0.15) is 17.3 Å². The molecule has 1 aromatic heterocycles. The van der Waals surface area contributed by atoms with Crippen molar-refractivity contribution in [2.45, 2.75) is 0 Å². The van der Waals surface area contributed by atoms with Crippen molar-refractivity contribution in [2.24, 2.45) is 0 Å². The molecule has 0 atom stereocenters. The fraction of sp³-hybridized carbons (Fsp3) is 0. The molecule has 1 heterocycles. The number of hydrogen-bond acceptors (Lipinski definition) is 3. The number of aromatic nitrogens is 1. The van der Waals surface area contributed by atoms with Crippen LogP contribution in [0.15, 0.2) is 53.1 Å². The van der Waals surface area contributed by atoms with Gasteiger partial charge in [0, 0.05) is 17.2 Å². The third-order valence-electron chi connectivity index (χ3n) is 2.97. The molecule has 20 heavy (non-hydrogen) atoms. The average Bonchev–Trinajstić information content (AvgIpc) is 2.82. The van der Waals surface area contributed by atoms with Gasteiger partial charge in [-0.25, -0.2) is 8.78 Å². The number of rotatable bonds is 2. The van der Waals surface area contributed by atoms with Gasteiger partial charge in [-0.3, -0.25) is 0 Å². The van der Waals surface area contributed by atoms with Crippen LogP contribution in [-0.2, 0) is 0 Å². The van der Waals surface area contributed by atoms with Gasteiger partial charge in [0.25, 0.3) is 0 Å². The maximum atomic E-state index is 13.9. The van der Waals surface area contributed by atoms with Gasteiger partial charge < -0.3 is 10.3 Å². The molecule has 3 nitrogen and oxygen atoms in total. The van der Waals surface area contributed by atoms with Crippen molar-refractivity contribution in [2.75, 3.05) is 5.73 Å². The highest BCUT2D eigenvalue weighted by Crippen LogP contribution is 2.37. The summed E-state index contributed by atoms with van der Waals surface area (Å²) in [5.74, 6) is -1.37. The summed E-state index contributed by atoms with van der Waals surface area (Å²) in [6, 6.07) is 12.4. The molecule has 0 spiro atoms. The normalized spacial score (nSPS) is 10.7. The lowest BCUT2D eigenvalue weighted by molar-refractivity contribution is 0.439. The summed E-state index contributed by atoms with van der Waals surface area (Å²) in [7, 11) is 0. The first-order chi connectivity index (χ1) is 9.66. The van der Waals surface area contributed by atoms with Crippen LogP contribution in [-0.4, -0.2) is 5.16 Å². The Morgan fingerprint density at radius 1 is 1.00 bits per heavy atom. The Bertz CT molecular complexity index is 754. The summed E-state index contributed by atoms with van der Waals surface area (Å²) in [4.78, 5) is 0. The molecule has 100 valence electrons. The summed E-state index contributed by atoms with van der Waals surface area (Å²) < 4.78 is 31.9. The van der Waals surface area contributed by atoms with Gasteiger partial charge in [-0.15, -0.1) is 0 Å². The van der Waals surface area contributed by atoms with E-state index in [1.165, 1.54) is 12.1 Å². The fourth-order valence-corrected chi connectivity index (χ4v) is 2.05. The van der Waals surface area contributed by atoms with Gasteiger partial charge in [0.05, 0.1) is 5.56 Å². The molecular formula is C15H10F2N2O. The van der Waals surface area contributed by atoms with E-state index < -0.39 is 11.6 Å². The van der Waals surface area contributed by atoms with Crippen molar-refractivity contribution in [3.05, 3.63) is 60.2 Å². The van der Waals surface area contributed by atoms with Crippen LogP contribution in [0.5, 0.6) is 0 Å². The molecular weight excluding hydrogens is 262 g/mol. The topological polar surface area (TPSA) is 52.0 Å². The van der Waals surface area contributed by atoms with Crippen LogP contribution in [0, 0.1) is 11.6 Å². The highest BCUT2D eigenvalue weighted by atomic mass is 19.1. The number of benzene rings is 2. The largest absolute Gasteiger partial charge is 0.367 e. The van der Waals surface area contributed by atoms with E-state index in [0.29, 0.717) is 11.3 Å². The number of nitrogens with zero attached hydrogens (tertiary/aromatic N) is 1. The molecule has 0 aliphatic rings. The minimum absolute atomic E-state index is 0.00522. The van der Waals surface area contributed by atoms with E-state index in [2.05, 4.69) is 5.16 Å². The minimum atomic E-state index is -0.711. The predicted molar refractivity (Wildman–Crippen MR) is 71.7 cm³/mol. The van der Waals surface area contributed by atoms with Crippen LogP contribution < -0.4 is 5.73 Å². The SMILES string of the molecule is Nc1onc(-c2ccccc2)c1-c1ccc(F)cc1F. The zero-order chi connectivity index (χ0) is 14.1. The molecule has 0 bridgehead atoms. The second kappa shape index (κ2) is 4.77. The first-order valence-electron chi connectivity index (χ1n) is 5.93. The monoisotopic (exact) mass is 272 g/mol. The van der Waals surface area contributed by atoms with Crippen molar-refractivity contribution >= 4 is 5.88 Å². The first kappa shape index (κ1) is 12.3. The van der Waals surface area contributed by atoms with Crippen molar-refractivity contribution < 1.29 is 13.3 Å². The quantitative estimate of drug-likeness (QED) is 0.770. The average molecular weight is 272 g/mol. The third-order valence-corrected chi connectivity index (χ3v) is 2.97. The zero-order valence-corrected chi connectivity index (χ0v) is 10.3.